The number of benzene rings is 2. The van der Waals surface area contributed by atoms with Crippen LogP contribution in [0.15, 0.2) is 65.8 Å². The standard InChI is InChI=1S/C21H22N4OS/c1-25-20(17-12-13-17)23-24-21(25)27-14-18(26)22-19(15-8-4-2-5-9-15)16-10-6-3-7-11-16/h2-11,17,19H,12-14H2,1H3,(H,22,26). The van der Waals surface area contributed by atoms with E-state index < -0.39 is 0 Å². The molecule has 27 heavy (non-hydrogen) atoms. The summed E-state index contributed by atoms with van der Waals surface area (Å²) in [6, 6.07) is 19.9. The molecule has 1 fully saturated rings. The molecule has 0 atom stereocenters. The van der Waals surface area contributed by atoms with E-state index in [0.29, 0.717) is 11.7 Å². The van der Waals surface area contributed by atoms with E-state index in [-0.39, 0.29) is 11.9 Å². The summed E-state index contributed by atoms with van der Waals surface area (Å²) in [5, 5.41) is 12.5. The largest absolute Gasteiger partial charge is 0.344 e. The molecule has 1 aromatic heterocycles. The summed E-state index contributed by atoms with van der Waals surface area (Å²) in [5.41, 5.74) is 2.13. The third-order valence-electron chi connectivity index (χ3n) is 4.71. The molecule has 6 heteroatoms. The van der Waals surface area contributed by atoms with Gasteiger partial charge in [0.05, 0.1) is 11.8 Å². The van der Waals surface area contributed by atoms with Gasteiger partial charge in [0.15, 0.2) is 5.16 Å². The second kappa shape index (κ2) is 7.96. The molecule has 1 heterocycles. The Kier molecular flexibility index (Phi) is 5.25. The second-order valence-corrected chi connectivity index (χ2v) is 7.73. The van der Waals surface area contributed by atoms with E-state index in [1.54, 1.807) is 0 Å². The predicted molar refractivity (Wildman–Crippen MR) is 107 cm³/mol. The Morgan fingerprint density at radius 1 is 1.07 bits per heavy atom. The van der Waals surface area contributed by atoms with E-state index in [1.165, 1.54) is 24.6 Å². The van der Waals surface area contributed by atoms with Gasteiger partial charge >= 0.3 is 0 Å². The fraction of sp³-hybridized carbons (Fsp3) is 0.286. The van der Waals surface area contributed by atoms with Crippen LogP contribution in [0, 0.1) is 0 Å². The first kappa shape index (κ1) is 17.8. The molecule has 1 aliphatic rings. The van der Waals surface area contributed by atoms with Gasteiger partial charge in [0, 0.05) is 13.0 Å². The molecule has 1 N–H and O–H groups in total. The summed E-state index contributed by atoms with van der Waals surface area (Å²) in [6.07, 6.45) is 2.37. The number of nitrogens with one attached hydrogen (secondary N) is 1. The van der Waals surface area contributed by atoms with Gasteiger partial charge in [-0.05, 0) is 24.0 Å². The van der Waals surface area contributed by atoms with Crippen LogP contribution in [0.3, 0.4) is 0 Å². The van der Waals surface area contributed by atoms with E-state index >= 15 is 0 Å². The van der Waals surface area contributed by atoms with Gasteiger partial charge in [-0.25, -0.2) is 0 Å². The van der Waals surface area contributed by atoms with Crippen molar-refractivity contribution in [2.45, 2.75) is 30.0 Å². The lowest BCUT2D eigenvalue weighted by Crippen LogP contribution is -2.30. The lowest BCUT2D eigenvalue weighted by molar-refractivity contribution is -0.119. The van der Waals surface area contributed by atoms with Gasteiger partial charge in [-0.2, -0.15) is 0 Å². The first-order valence-corrected chi connectivity index (χ1v) is 10.1. The Hall–Kier alpha value is -2.60. The number of aromatic nitrogens is 3. The minimum absolute atomic E-state index is 0.0197. The highest BCUT2D eigenvalue weighted by Gasteiger charge is 2.29. The average Bonchev–Trinajstić information content (AvgIpc) is 3.49. The number of hydrogen-bond donors (Lipinski definition) is 1. The van der Waals surface area contributed by atoms with Crippen molar-refractivity contribution in [1.29, 1.82) is 0 Å². The molecular weight excluding hydrogens is 356 g/mol. The van der Waals surface area contributed by atoms with Crippen molar-refractivity contribution in [3.63, 3.8) is 0 Å². The summed E-state index contributed by atoms with van der Waals surface area (Å²) in [6.45, 7) is 0. The Bertz CT molecular complexity index is 867. The van der Waals surface area contributed by atoms with Crippen LogP contribution in [0.1, 0.15) is 41.8 Å². The van der Waals surface area contributed by atoms with Crippen molar-refractivity contribution < 1.29 is 4.79 Å². The summed E-state index contributed by atoms with van der Waals surface area (Å²) < 4.78 is 2.02. The molecule has 0 bridgehead atoms. The number of nitrogens with zero attached hydrogens (tertiary/aromatic N) is 3. The Morgan fingerprint density at radius 3 is 2.22 bits per heavy atom. The van der Waals surface area contributed by atoms with Gasteiger partial charge in [0.1, 0.15) is 5.82 Å². The maximum absolute atomic E-state index is 12.6. The van der Waals surface area contributed by atoms with Crippen LogP contribution in [0.5, 0.6) is 0 Å². The molecule has 0 saturated heterocycles. The van der Waals surface area contributed by atoms with Gasteiger partial charge in [-0.15, -0.1) is 10.2 Å². The van der Waals surface area contributed by atoms with Crippen LogP contribution >= 0.6 is 11.8 Å². The summed E-state index contributed by atoms with van der Waals surface area (Å²) in [4.78, 5) is 12.6. The first-order chi connectivity index (χ1) is 13.2. The predicted octanol–water partition coefficient (Wildman–Crippen LogP) is 3.69. The second-order valence-electron chi connectivity index (χ2n) is 6.78. The summed E-state index contributed by atoms with van der Waals surface area (Å²) >= 11 is 1.43. The number of carbonyl (C=O) groups excluding carboxylic acids is 1. The molecule has 0 spiro atoms. The average molecular weight is 379 g/mol. The SMILES string of the molecule is Cn1c(SCC(=O)NC(c2ccccc2)c2ccccc2)nnc1C1CC1. The highest BCUT2D eigenvalue weighted by atomic mass is 32.2. The van der Waals surface area contributed by atoms with E-state index in [1.807, 2.05) is 72.3 Å². The number of carbonyl (C=O) groups is 1. The maximum Gasteiger partial charge on any atom is 0.231 e. The lowest BCUT2D eigenvalue weighted by Gasteiger charge is -2.19. The minimum Gasteiger partial charge on any atom is -0.344 e. The van der Waals surface area contributed by atoms with Crippen molar-refractivity contribution in [2.24, 2.45) is 7.05 Å². The normalized spacial score (nSPS) is 13.7. The van der Waals surface area contributed by atoms with E-state index in [2.05, 4.69) is 15.5 Å². The first-order valence-electron chi connectivity index (χ1n) is 9.13. The van der Waals surface area contributed by atoms with Crippen LogP contribution in [-0.4, -0.2) is 26.4 Å². The van der Waals surface area contributed by atoms with Crippen molar-refractivity contribution in [2.75, 3.05) is 5.75 Å². The van der Waals surface area contributed by atoms with Crippen LogP contribution < -0.4 is 5.32 Å². The van der Waals surface area contributed by atoms with Gasteiger partial charge < -0.3 is 9.88 Å². The van der Waals surface area contributed by atoms with Crippen molar-refractivity contribution in [3.05, 3.63) is 77.6 Å². The molecule has 1 saturated carbocycles. The number of rotatable bonds is 7. The topological polar surface area (TPSA) is 59.8 Å². The molecule has 3 aromatic rings. The number of hydrogen-bond acceptors (Lipinski definition) is 4. The highest BCUT2D eigenvalue weighted by molar-refractivity contribution is 7.99. The van der Waals surface area contributed by atoms with Gasteiger partial charge in [0.2, 0.25) is 5.91 Å². The van der Waals surface area contributed by atoms with Crippen LogP contribution in [-0.2, 0) is 11.8 Å². The molecule has 4 rings (SSSR count). The maximum atomic E-state index is 12.6. The molecule has 0 radical (unpaired) electrons. The Balaban J connectivity index is 1.44. The molecule has 2 aromatic carbocycles. The monoisotopic (exact) mass is 378 g/mol. The zero-order valence-corrected chi connectivity index (χ0v) is 16.0. The molecular formula is C21H22N4OS. The minimum atomic E-state index is -0.165. The van der Waals surface area contributed by atoms with Crippen molar-refractivity contribution >= 4 is 17.7 Å². The molecule has 0 aliphatic heterocycles. The zero-order chi connectivity index (χ0) is 18.6. The number of amides is 1. The van der Waals surface area contributed by atoms with Gasteiger partial charge in [0.25, 0.3) is 0 Å². The third kappa shape index (κ3) is 4.22. The number of thioether (sulfide) groups is 1. The zero-order valence-electron chi connectivity index (χ0n) is 15.2. The van der Waals surface area contributed by atoms with Crippen molar-refractivity contribution in [3.8, 4) is 0 Å². The summed E-state index contributed by atoms with van der Waals surface area (Å²) in [5.74, 6) is 1.87. The van der Waals surface area contributed by atoms with Gasteiger partial charge in [-0.3, -0.25) is 4.79 Å². The molecule has 0 unspecified atom stereocenters. The molecule has 5 nitrogen and oxygen atoms in total. The van der Waals surface area contributed by atoms with E-state index in [4.69, 9.17) is 0 Å². The fourth-order valence-electron chi connectivity index (χ4n) is 3.13. The Morgan fingerprint density at radius 2 is 1.67 bits per heavy atom. The van der Waals surface area contributed by atoms with Crippen LogP contribution in [0.4, 0.5) is 0 Å². The van der Waals surface area contributed by atoms with E-state index in [0.717, 1.165) is 22.1 Å². The van der Waals surface area contributed by atoms with Gasteiger partial charge in [-0.1, -0.05) is 72.4 Å². The van der Waals surface area contributed by atoms with Crippen molar-refractivity contribution in [1.82, 2.24) is 20.1 Å². The molecule has 1 aliphatic carbocycles. The van der Waals surface area contributed by atoms with Crippen LogP contribution in [0.2, 0.25) is 0 Å². The summed E-state index contributed by atoms with van der Waals surface area (Å²) in [7, 11) is 1.98. The van der Waals surface area contributed by atoms with Crippen LogP contribution in [0.25, 0.3) is 0 Å². The quantitative estimate of drug-likeness (QED) is 0.637. The Labute approximate surface area is 163 Å². The highest BCUT2D eigenvalue weighted by Crippen LogP contribution is 2.39. The third-order valence-corrected chi connectivity index (χ3v) is 5.73. The smallest absolute Gasteiger partial charge is 0.231 e. The lowest BCUT2D eigenvalue weighted by atomic mass is 9.99. The van der Waals surface area contributed by atoms with E-state index in [9.17, 15) is 4.79 Å². The fourth-order valence-corrected chi connectivity index (χ4v) is 3.86. The molecule has 1 amide bonds. The molecule has 138 valence electrons.